The van der Waals surface area contributed by atoms with E-state index in [4.69, 9.17) is 9.47 Å². The number of anilines is 1. The molecule has 0 aliphatic rings. The van der Waals surface area contributed by atoms with Crippen LogP contribution in [0.5, 0.6) is 11.6 Å². The molecular weight excluding hydrogens is 282 g/mol. The summed E-state index contributed by atoms with van der Waals surface area (Å²) in [6.45, 7) is 2.77. The molecule has 2 amide bonds. The van der Waals surface area contributed by atoms with Crippen molar-refractivity contribution in [2.24, 2.45) is 0 Å². The van der Waals surface area contributed by atoms with Crippen LogP contribution < -0.4 is 20.1 Å². The Morgan fingerprint density at radius 1 is 1.23 bits per heavy atom. The summed E-state index contributed by atoms with van der Waals surface area (Å²) in [6, 6.07) is 10.7. The van der Waals surface area contributed by atoms with Crippen molar-refractivity contribution in [1.29, 1.82) is 0 Å². The molecular formula is C16H19N3O3. The molecule has 0 saturated heterocycles. The topological polar surface area (TPSA) is 72.5 Å². The van der Waals surface area contributed by atoms with Crippen LogP contribution in [0, 0.1) is 0 Å². The Balaban J connectivity index is 1.90. The van der Waals surface area contributed by atoms with E-state index >= 15 is 0 Å². The SMILES string of the molecule is CCOc1ncccc1NC(=O)NCc1ccc(OC)cc1. The molecule has 6 nitrogen and oxygen atoms in total. The Morgan fingerprint density at radius 2 is 2.00 bits per heavy atom. The molecule has 2 aromatic rings. The Labute approximate surface area is 129 Å². The van der Waals surface area contributed by atoms with Gasteiger partial charge in [-0.3, -0.25) is 0 Å². The van der Waals surface area contributed by atoms with Crippen LogP contribution in [-0.4, -0.2) is 24.7 Å². The van der Waals surface area contributed by atoms with E-state index in [0.29, 0.717) is 24.7 Å². The van der Waals surface area contributed by atoms with Crippen LogP contribution in [0.15, 0.2) is 42.6 Å². The molecule has 6 heteroatoms. The Kier molecular flexibility index (Phi) is 5.59. The third kappa shape index (κ3) is 4.37. The number of rotatable bonds is 6. The molecule has 1 heterocycles. The van der Waals surface area contributed by atoms with Gasteiger partial charge in [-0.1, -0.05) is 12.1 Å². The molecule has 1 aromatic heterocycles. The lowest BCUT2D eigenvalue weighted by atomic mass is 10.2. The molecule has 0 bridgehead atoms. The molecule has 0 unspecified atom stereocenters. The highest BCUT2D eigenvalue weighted by Crippen LogP contribution is 2.20. The molecule has 0 spiro atoms. The summed E-state index contributed by atoms with van der Waals surface area (Å²) < 4.78 is 10.4. The van der Waals surface area contributed by atoms with Crippen molar-refractivity contribution in [3.8, 4) is 11.6 Å². The first kappa shape index (κ1) is 15.6. The molecule has 0 fully saturated rings. The van der Waals surface area contributed by atoms with Gasteiger partial charge in [0, 0.05) is 12.7 Å². The highest BCUT2D eigenvalue weighted by molar-refractivity contribution is 5.90. The lowest BCUT2D eigenvalue weighted by Crippen LogP contribution is -2.28. The maximum absolute atomic E-state index is 11.9. The highest BCUT2D eigenvalue weighted by atomic mass is 16.5. The number of nitrogens with zero attached hydrogens (tertiary/aromatic N) is 1. The fourth-order valence-electron chi connectivity index (χ4n) is 1.83. The molecule has 0 aliphatic carbocycles. The first-order valence-corrected chi connectivity index (χ1v) is 6.98. The summed E-state index contributed by atoms with van der Waals surface area (Å²) in [5.74, 6) is 1.19. The number of carbonyl (C=O) groups is 1. The molecule has 0 radical (unpaired) electrons. The van der Waals surface area contributed by atoms with Crippen molar-refractivity contribution in [2.75, 3.05) is 19.0 Å². The summed E-state index contributed by atoms with van der Waals surface area (Å²) in [7, 11) is 1.62. The molecule has 0 saturated carbocycles. The van der Waals surface area contributed by atoms with Crippen LogP contribution in [0.25, 0.3) is 0 Å². The van der Waals surface area contributed by atoms with Crippen LogP contribution in [0.2, 0.25) is 0 Å². The number of nitrogens with one attached hydrogen (secondary N) is 2. The maximum atomic E-state index is 11.9. The zero-order valence-corrected chi connectivity index (χ0v) is 12.6. The van der Waals surface area contributed by atoms with Crippen LogP contribution >= 0.6 is 0 Å². The molecule has 2 rings (SSSR count). The van der Waals surface area contributed by atoms with Gasteiger partial charge in [-0.15, -0.1) is 0 Å². The minimum absolute atomic E-state index is 0.315. The van der Waals surface area contributed by atoms with Gasteiger partial charge in [-0.25, -0.2) is 9.78 Å². The van der Waals surface area contributed by atoms with Crippen molar-refractivity contribution in [1.82, 2.24) is 10.3 Å². The molecule has 0 aliphatic heterocycles. The van der Waals surface area contributed by atoms with Gasteiger partial charge in [0.05, 0.1) is 13.7 Å². The second kappa shape index (κ2) is 7.87. The van der Waals surface area contributed by atoms with Crippen molar-refractivity contribution < 1.29 is 14.3 Å². The van der Waals surface area contributed by atoms with Gasteiger partial charge < -0.3 is 20.1 Å². The monoisotopic (exact) mass is 301 g/mol. The molecule has 2 N–H and O–H groups in total. The van der Waals surface area contributed by atoms with E-state index in [1.807, 2.05) is 31.2 Å². The van der Waals surface area contributed by atoms with Crippen molar-refractivity contribution in [3.05, 3.63) is 48.2 Å². The van der Waals surface area contributed by atoms with Crippen molar-refractivity contribution in [3.63, 3.8) is 0 Å². The second-order valence-corrected chi connectivity index (χ2v) is 4.44. The first-order chi connectivity index (χ1) is 10.7. The minimum atomic E-state index is -0.315. The molecule has 116 valence electrons. The summed E-state index contributed by atoms with van der Waals surface area (Å²) >= 11 is 0. The van der Waals surface area contributed by atoms with Crippen LogP contribution in [0.3, 0.4) is 0 Å². The van der Waals surface area contributed by atoms with E-state index in [1.165, 1.54) is 0 Å². The molecule has 0 atom stereocenters. The maximum Gasteiger partial charge on any atom is 0.319 e. The van der Waals surface area contributed by atoms with Gasteiger partial charge in [0.15, 0.2) is 0 Å². The van der Waals surface area contributed by atoms with Crippen LogP contribution in [0.4, 0.5) is 10.5 Å². The van der Waals surface area contributed by atoms with E-state index in [2.05, 4.69) is 15.6 Å². The largest absolute Gasteiger partial charge is 0.497 e. The number of methoxy groups -OCH3 is 1. The average molecular weight is 301 g/mol. The minimum Gasteiger partial charge on any atom is -0.497 e. The third-order valence-electron chi connectivity index (χ3n) is 2.91. The Morgan fingerprint density at radius 3 is 2.68 bits per heavy atom. The second-order valence-electron chi connectivity index (χ2n) is 4.44. The number of aromatic nitrogens is 1. The lowest BCUT2D eigenvalue weighted by Gasteiger charge is -2.11. The quantitative estimate of drug-likeness (QED) is 0.860. The summed E-state index contributed by atoms with van der Waals surface area (Å²) in [5.41, 5.74) is 1.52. The van der Waals surface area contributed by atoms with Gasteiger partial charge in [-0.05, 0) is 36.8 Å². The Bertz CT molecular complexity index is 614. The zero-order chi connectivity index (χ0) is 15.8. The van der Waals surface area contributed by atoms with E-state index in [1.54, 1.807) is 25.4 Å². The number of benzene rings is 1. The number of amides is 2. The first-order valence-electron chi connectivity index (χ1n) is 6.98. The molecule has 1 aromatic carbocycles. The normalized spacial score (nSPS) is 9.91. The number of ether oxygens (including phenoxy) is 2. The number of urea groups is 1. The number of pyridine rings is 1. The fourth-order valence-corrected chi connectivity index (χ4v) is 1.83. The predicted octanol–water partition coefficient (Wildman–Crippen LogP) is 2.81. The number of carbonyl (C=O) groups excluding carboxylic acids is 1. The van der Waals surface area contributed by atoms with Gasteiger partial charge in [-0.2, -0.15) is 0 Å². The van der Waals surface area contributed by atoms with Crippen LogP contribution in [0.1, 0.15) is 12.5 Å². The van der Waals surface area contributed by atoms with E-state index in [9.17, 15) is 4.79 Å². The van der Waals surface area contributed by atoms with Crippen LogP contribution in [-0.2, 0) is 6.54 Å². The standard InChI is InChI=1S/C16H19N3O3/c1-3-22-15-14(5-4-10-17-15)19-16(20)18-11-12-6-8-13(21-2)9-7-12/h4-10H,3,11H2,1-2H3,(H2,18,19,20). The van der Waals surface area contributed by atoms with Crippen molar-refractivity contribution >= 4 is 11.7 Å². The average Bonchev–Trinajstić information content (AvgIpc) is 2.55. The number of hydrogen-bond donors (Lipinski definition) is 2. The van der Waals surface area contributed by atoms with E-state index < -0.39 is 0 Å². The summed E-state index contributed by atoms with van der Waals surface area (Å²) in [5, 5.41) is 5.51. The lowest BCUT2D eigenvalue weighted by molar-refractivity contribution is 0.251. The van der Waals surface area contributed by atoms with E-state index in [0.717, 1.165) is 11.3 Å². The third-order valence-corrected chi connectivity index (χ3v) is 2.91. The molecule has 22 heavy (non-hydrogen) atoms. The zero-order valence-electron chi connectivity index (χ0n) is 12.6. The number of hydrogen-bond acceptors (Lipinski definition) is 4. The van der Waals surface area contributed by atoms with E-state index in [-0.39, 0.29) is 6.03 Å². The van der Waals surface area contributed by atoms with Gasteiger partial charge in [0.2, 0.25) is 5.88 Å². The predicted molar refractivity (Wildman–Crippen MR) is 84.3 cm³/mol. The summed E-state index contributed by atoms with van der Waals surface area (Å²) in [6.07, 6.45) is 1.62. The highest BCUT2D eigenvalue weighted by Gasteiger charge is 2.08. The fraction of sp³-hybridized carbons (Fsp3) is 0.250. The van der Waals surface area contributed by atoms with Gasteiger partial charge in [0.1, 0.15) is 11.4 Å². The van der Waals surface area contributed by atoms with Crippen molar-refractivity contribution in [2.45, 2.75) is 13.5 Å². The summed E-state index contributed by atoms with van der Waals surface area (Å²) in [4.78, 5) is 16.0. The Hall–Kier alpha value is -2.76. The van der Waals surface area contributed by atoms with Gasteiger partial charge >= 0.3 is 6.03 Å². The van der Waals surface area contributed by atoms with Gasteiger partial charge in [0.25, 0.3) is 0 Å². The smallest absolute Gasteiger partial charge is 0.319 e.